The quantitative estimate of drug-likeness (QED) is 0.789. The first kappa shape index (κ1) is 15.5. The molecule has 0 bridgehead atoms. The average molecular weight is 280 g/mol. The van der Waals surface area contributed by atoms with Gasteiger partial charge in [-0.1, -0.05) is 13.8 Å². The van der Waals surface area contributed by atoms with Crippen molar-refractivity contribution in [3.8, 4) is 0 Å². The number of nitrogens with zero attached hydrogens (tertiary/aromatic N) is 1. The number of piperidine rings is 1. The fourth-order valence-corrected chi connectivity index (χ4v) is 4.22. The van der Waals surface area contributed by atoms with Crippen LogP contribution in [-0.4, -0.2) is 35.8 Å². The Balaban J connectivity index is 2.24. The number of carbonyl (C=O) groups excluding carboxylic acids is 2. The average Bonchev–Trinajstić information content (AvgIpc) is 2.50. The van der Waals surface area contributed by atoms with Gasteiger partial charge in [0.1, 0.15) is 0 Å². The van der Waals surface area contributed by atoms with Gasteiger partial charge in [-0.15, -0.1) is 0 Å². The maximum Gasteiger partial charge on any atom is 0.230 e. The van der Waals surface area contributed by atoms with Crippen molar-refractivity contribution in [2.45, 2.75) is 59.4 Å². The zero-order valence-electron chi connectivity index (χ0n) is 13.2. The van der Waals surface area contributed by atoms with E-state index < -0.39 is 0 Å². The summed E-state index contributed by atoms with van der Waals surface area (Å²) in [5.74, 6) is 0.139. The normalized spacial score (nSPS) is 32.8. The Kier molecular flexibility index (Phi) is 4.52. The van der Waals surface area contributed by atoms with Gasteiger partial charge in [0.25, 0.3) is 0 Å². The van der Waals surface area contributed by atoms with Gasteiger partial charge in [0.05, 0.1) is 0 Å². The minimum Gasteiger partial charge on any atom is -0.301 e. The summed E-state index contributed by atoms with van der Waals surface area (Å²) in [4.78, 5) is 26.7. The van der Waals surface area contributed by atoms with Crippen molar-refractivity contribution in [2.75, 3.05) is 13.1 Å². The van der Waals surface area contributed by atoms with Crippen LogP contribution in [0.4, 0.5) is 0 Å². The lowest BCUT2D eigenvalue weighted by Gasteiger charge is -2.44. The summed E-state index contributed by atoms with van der Waals surface area (Å²) >= 11 is 0. The molecule has 0 aromatic carbocycles. The molecule has 2 fully saturated rings. The maximum atomic E-state index is 12.3. The molecule has 2 atom stereocenters. The van der Waals surface area contributed by atoms with Crippen LogP contribution < -0.4 is 5.32 Å². The second kappa shape index (κ2) is 5.84. The van der Waals surface area contributed by atoms with E-state index in [-0.39, 0.29) is 29.1 Å². The Hall–Kier alpha value is -0.900. The molecule has 0 aliphatic carbocycles. The molecule has 2 saturated heterocycles. The zero-order valence-corrected chi connectivity index (χ0v) is 13.2. The van der Waals surface area contributed by atoms with Crippen LogP contribution in [0.15, 0.2) is 0 Å². The number of rotatable bonds is 2. The van der Waals surface area contributed by atoms with E-state index in [1.807, 2.05) is 0 Å². The standard InChI is InChI=1S/C16H28N2O2/c1-11(2)14-15(20)17-13(19)10-16(14)6-5-8-18(9-7-16)12(3)4/h11-12,14H,5-10H2,1-4H3,(H,17,19,20). The molecule has 0 aromatic heterocycles. The minimum absolute atomic E-state index is 0.0210. The van der Waals surface area contributed by atoms with E-state index in [0.29, 0.717) is 12.5 Å². The first-order valence-electron chi connectivity index (χ1n) is 7.93. The highest BCUT2D eigenvalue weighted by Gasteiger charge is 2.49. The second-order valence-corrected chi connectivity index (χ2v) is 7.16. The van der Waals surface area contributed by atoms with Crippen LogP contribution in [0, 0.1) is 17.3 Å². The molecule has 4 heteroatoms. The van der Waals surface area contributed by atoms with E-state index in [0.717, 1.165) is 32.4 Å². The van der Waals surface area contributed by atoms with Gasteiger partial charge in [-0.3, -0.25) is 14.9 Å². The van der Waals surface area contributed by atoms with Crippen LogP contribution in [0.1, 0.15) is 53.4 Å². The number of hydrogen-bond donors (Lipinski definition) is 1. The molecule has 2 heterocycles. The third kappa shape index (κ3) is 2.90. The number of hydrogen-bond acceptors (Lipinski definition) is 3. The van der Waals surface area contributed by atoms with Gasteiger partial charge in [-0.25, -0.2) is 0 Å². The molecule has 0 aromatic rings. The molecule has 1 spiro atoms. The van der Waals surface area contributed by atoms with Crippen LogP contribution in [-0.2, 0) is 9.59 Å². The SMILES string of the molecule is CC(C)C1C(=O)NC(=O)CC12CCCN(C(C)C)CC2. The van der Waals surface area contributed by atoms with Crippen LogP contribution in [0.3, 0.4) is 0 Å². The van der Waals surface area contributed by atoms with Crippen molar-refractivity contribution in [3.05, 3.63) is 0 Å². The lowest BCUT2D eigenvalue weighted by molar-refractivity contribution is -0.146. The molecule has 0 saturated carbocycles. The van der Waals surface area contributed by atoms with Gasteiger partial charge in [0.15, 0.2) is 0 Å². The van der Waals surface area contributed by atoms with Crippen LogP contribution in [0.2, 0.25) is 0 Å². The summed E-state index contributed by atoms with van der Waals surface area (Å²) in [7, 11) is 0. The van der Waals surface area contributed by atoms with Crippen LogP contribution in [0.5, 0.6) is 0 Å². The highest BCUT2D eigenvalue weighted by molar-refractivity contribution is 5.99. The van der Waals surface area contributed by atoms with Gasteiger partial charge in [-0.2, -0.15) is 0 Å². The zero-order chi connectivity index (χ0) is 14.9. The summed E-state index contributed by atoms with van der Waals surface area (Å²) in [5.41, 5.74) is -0.114. The predicted octanol–water partition coefficient (Wildman–Crippen LogP) is 2.19. The van der Waals surface area contributed by atoms with E-state index in [9.17, 15) is 9.59 Å². The molecule has 114 valence electrons. The Morgan fingerprint density at radius 3 is 2.45 bits per heavy atom. The van der Waals surface area contributed by atoms with Crippen molar-refractivity contribution in [2.24, 2.45) is 17.3 Å². The molecule has 2 aliphatic heterocycles. The van der Waals surface area contributed by atoms with E-state index in [2.05, 4.69) is 37.9 Å². The molecular formula is C16H28N2O2. The smallest absolute Gasteiger partial charge is 0.230 e. The van der Waals surface area contributed by atoms with Gasteiger partial charge in [-0.05, 0) is 57.5 Å². The Morgan fingerprint density at radius 2 is 1.85 bits per heavy atom. The first-order valence-corrected chi connectivity index (χ1v) is 7.93. The number of amides is 2. The van der Waals surface area contributed by atoms with Crippen LogP contribution in [0.25, 0.3) is 0 Å². The largest absolute Gasteiger partial charge is 0.301 e. The summed E-state index contributed by atoms with van der Waals surface area (Å²) in [6, 6.07) is 0.538. The number of likely N-dealkylation sites (tertiary alicyclic amines) is 1. The van der Waals surface area contributed by atoms with Gasteiger partial charge < -0.3 is 4.90 Å². The van der Waals surface area contributed by atoms with Crippen molar-refractivity contribution >= 4 is 11.8 Å². The lowest BCUT2D eigenvalue weighted by atomic mass is 9.62. The van der Waals surface area contributed by atoms with Crippen LogP contribution >= 0.6 is 0 Å². The molecule has 2 aliphatic rings. The Bertz CT molecular complexity index is 392. The Labute approximate surface area is 122 Å². The van der Waals surface area contributed by atoms with E-state index >= 15 is 0 Å². The summed E-state index contributed by atoms with van der Waals surface area (Å²) in [6.45, 7) is 10.7. The fourth-order valence-electron chi connectivity index (χ4n) is 4.22. The summed E-state index contributed by atoms with van der Waals surface area (Å²) in [6.07, 6.45) is 3.57. The second-order valence-electron chi connectivity index (χ2n) is 7.16. The Morgan fingerprint density at radius 1 is 1.15 bits per heavy atom. The molecule has 20 heavy (non-hydrogen) atoms. The molecule has 1 N–H and O–H groups in total. The molecule has 2 rings (SSSR count). The molecule has 4 nitrogen and oxygen atoms in total. The first-order chi connectivity index (χ1) is 9.35. The predicted molar refractivity (Wildman–Crippen MR) is 79.1 cm³/mol. The van der Waals surface area contributed by atoms with E-state index in [4.69, 9.17) is 0 Å². The molecular weight excluding hydrogens is 252 g/mol. The topological polar surface area (TPSA) is 49.4 Å². The number of carbonyl (C=O) groups is 2. The summed E-state index contributed by atoms with van der Waals surface area (Å²) in [5, 5.41) is 2.55. The highest BCUT2D eigenvalue weighted by Crippen LogP contribution is 2.47. The highest BCUT2D eigenvalue weighted by atomic mass is 16.2. The van der Waals surface area contributed by atoms with Gasteiger partial charge in [0.2, 0.25) is 11.8 Å². The van der Waals surface area contributed by atoms with Gasteiger partial charge in [0, 0.05) is 18.4 Å². The summed E-state index contributed by atoms with van der Waals surface area (Å²) < 4.78 is 0. The third-order valence-electron chi connectivity index (χ3n) is 5.13. The molecule has 2 unspecified atom stereocenters. The molecule has 0 radical (unpaired) electrons. The van der Waals surface area contributed by atoms with Crippen molar-refractivity contribution in [1.29, 1.82) is 0 Å². The van der Waals surface area contributed by atoms with Crippen molar-refractivity contribution in [1.82, 2.24) is 10.2 Å². The number of imide groups is 1. The number of nitrogens with one attached hydrogen (secondary N) is 1. The lowest BCUT2D eigenvalue weighted by Crippen LogP contribution is -2.54. The minimum atomic E-state index is -0.114. The van der Waals surface area contributed by atoms with Crippen molar-refractivity contribution < 1.29 is 9.59 Å². The van der Waals surface area contributed by atoms with Gasteiger partial charge >= 0.3 is 0 Å². The maximum absolute atomic E-state index is 12.3. The molecule has 2 amide bonds. The fraction of sp³-hybridized carbons (Fsp3) is 0.875. The monoisotopic (exact) mass is 280 g/mol. The third-order valence-corrected chi connectivity index (χ3v) is 5.13. The van der Waals surface area contributed by atoms with Crippen molar-refractivity contribution in [3.63, 3.8) is 0 Å². The van der Waals surface area contributed by atoms with E-state index in [1.54, 1.807) is 0 Å². The van der Waals surface area contributed by atoms with E-state index in [1.165, 1.54) is 0 Å².